The molecule has 2 aliphatic rings. The number of carbonyl (C=O) groups is 2. The van der Waals surface area contributed by atoms with Crippen molar-refractivity contribution in [2.75, 3.05) is 19.7 Å². The first-order valence-electron chi connectivity index (χ1n) is 5.93. The van der Waals surface area contributed by atoms with Crippen LogP contribution in [0.1, 0.15) is 33.6 Å². The van der Waals surface area contributed by atoms with Crippen molar-refractivity contribution in [3.05, 3.63) is 0 Å². The lowest BCUT2D eigenvalue weighted by Crippen LogP contribution is -2.67. The van der Waals surface area contributed by atoms with E-state index in [9.17, 15) is 9.59 Å². The van der Waals surface area contributed by atoms with E-state index in [0.29, 0.717) is 32.5 Å². The molecule has 0 bridgehead atoms. The van der Waals surface area contributed by atoms with Gasteiger partial charge in [0.25, 0.3) is 0 Å². The largest absolute Gasteiger partial charge is 0.444 e. The Morgan fingerprint density at radius 2 is 2.06 bits per heavy atom. The molecule has 96 valence electrons. The van der Waals surface area contributed by atoms with E-state index in [1.165, 1.54) is 0 Å². The zero-order chi connectivity index (χ0) is 12.7. The Morgan fingerprint density at radius 1 is 1.41 bits per heavy atom. The minimum absolute atomic E-state index is 0.222. The first-order valence-corrected chi connectivity index (χ1v) is 5.93. The molecule has 2 aliphatic heterocycles. The molecule has 0 aliphatic carbocycles. The summed E-state index contributed by atoms with van der Waals surface area (Å²) >= 11 is 0. The molecule has 0 atom stereocenters. The lowest BCUT2D eigenvalue weighted by molar-refractivity contribution is -0.170. The summed E-state index contributed by atoms with van der Waals surface area (Å²) in [5, 5.41) is 0. The summed E-state index contributed by atoms with van der Waals surface area (Å²) in [6, 6.07) is 0. The van der Waals surface area contributed by atoms with Crippen LogP contribution in [0.25, 0.3) is 0 Å². The van der Waals surface area contributed by atoms with E-state index in [0.717, 1.165) is 0 Å². The van der Waals surface area contributed by atoms with Crippen LogP contribution in [0.2, 0.25) is 0 Å². The van der Waals surface area contributed by atoms with Gasteiger partial charge in [0, 0.05) is 12.8 Å². The number of Topliss-reactive ketones (excluding diaryl/α,β-unsaturated/α-hetero) is 1. The van der Waals surface area contributed by atoms with Crippen molar-refractivity contribution < 1.29 is 19.1 Å². The lowest BCUT2D eigenvalue weighted by Gasteiger charge is -2.50. The van der Waals surface area contributed by atoms with E-state index in [1.54, 1.807) is 4.90 Å². The van der Waals surface area contributed by atoms with E-state index in [4.69, 9.17) is 9.47 Å². The van der Waals surface area contributed by atoms with E-state index >= 15 is 0 Å². The Balaban J connectivity index is 1.85. The number of nitrogens with zero attached hydrogens (tertiary/aromatic N) is 1. The van der Waals surface area contributed by atoms with E-state index < -0.39 is 11.2 Å². The van der Waals surface area contributed by atoms with Crippen LogP contribution in [-0.4, -0.2) is 47.7 Å². The average Bonchev–Trinajstić information content (AvgIpc) is 2.10. The molecule has 0 N–H and O–H groups in total. The predicted molar refractivity (Wildman–Crippen MR) is 60.7 cm³/mol. The van der Waals surface area contributed by atoms with Crippen LogP contribution in [0.4, 0.5) is 4.79 Å². The molecule has 2 heterocycles. The standard InChI is InChI=1S/C12H19NO4/c1-11(2,3)17-10(15)13-7-12(8-13)6-9(14)4-5-16-12/h4-8H2,1-3H3. The second-order valence-corrected chi connectivity index (χ2v) is 5.83. The van der Waals surface area contributed by atoms with Gasteiger partial charge >= 0.3 is 6.09 Å². The number of hydrogen-bond donors (Lipinski definition) is 0. The number of hydrogen-bond acceptors (Lipinski definition) is 4. The highest BCUT2D eigenvalue weighted by atomic mass is 16.6. The third-order valence-corrected chi connectivity index (χ3v) is 2.92. The Labute approximate surface area is 101 Å². The summed E-state index contributed by atoms with van der Waals surface area (Å²) in [5.41, 5.74) is -0.907. The third kappa shape index (κ3) is 2.77. The van der Waals surface area contributed by atoms with Crippen LogP contribution in [0.5, 0.6) is 0 Å². The van der Waals surface area contributed by atoms with Crippen molar-refractivity contribution in [2.45, 2.75) is 44.8 Å². The summed E-state index contributed by atoms with van der Waals surface area (Å²) in [6.07, 6.45) is 0.588. The Hall–Kier alpha value is -1.10. The van der Waals surface area contributed by atoms with Gasteiger partial charge in [-0.05, 0) is 20.8 Å². The van der Waals surface area contributed by atoms with Gasteiger partial charge in [-0.3, -0.25) is 4.79 Å². The molecule has 5 nitrogen and oxygen atoms in total. The van der Waals surface area contributed by atoms with Crippen molar-refractivity contribution in [2.24, 2.45) is 0 Å². The summed E-state index contributed by atoms with van der Waals surface area (Å²) in [6.45, 7) is 6.91. The topological polar surface area (TPSA) is 55.8 Å². The van der Waals surface area contributed by atoms with Gasteiger partial charge < -0.3 is 14.4 Å². The maximum atomic E-state index is 11.7. The second-order valence-electron chi connectivity index (χ2n) is 5.83. The molecular weight excluding hydrogens is 222 g/mol. The fourth-order valence-electron chi connectivity index (χ4n) is 2.19. The quantitative estimate of drug-likeness (QED) is 0.642. The van der Waals surface area contributed by atoms with Gasteiger partial charge in [0.05, 0.1) is 19.7 Å². The average molecular weight is 241 g/mol. The first-order chi connectivity index (χ1) is 7.80. The molecule has 1 spiro atoms. The highest BCUT2D eigenvalue weighted by Crippen LogP contribution is 2.33. The lowest BCUT2D eigenvalue weighted by atomic mass is 9.86. The molecule has 1 amide bonds. The molecule has 2 saturated heterocycles. The van der Waals surface area contributed by atoms with Gasteiger partial charge in [0.1, 0.15) is 17.0 Å². The highest BCUT2D eigenvalue weighted by molar-refractivity contribution is 5.81. The molecule has 0 saturated carbocycles. The SMILES string of the molecule is CC(C)(C)OC(=O)N1CC2(CC(=O)CCO2)C1. The molecule has 2 fully saturated rings. The monoisotopic (exact) mass is 241 g/mol. The van der Waals surface area contributed by atoms with E-state index in [-0.39, 0.29) is 11.9 Å². The normalized spacial score (nSPS) is 23.5. The van der Waals surface area contributed by atoms with Crippen LogP contribution in [0.15, 0.2) is 0 Å². The molecule has 5 heteroatoms. The van der Waals surface area contributed by atoms with Crippen molar-refractivity contribution in [3.8, 4) is 0 Å². The number of carbonyl (C=O) groups excluding carboxylic acids is 2. The number of likely N-dealkylation sites (tertiary alicyclic amines) is 1. The molecule has 0 aromatic heterocycles. The Bertz CT molecular complexity index is 339. The number of ketones is 1. The Morgan fingerprint density at radius 3 is 2.59 bits per heavy atom. The molecule has 0 aromatic rings. The first kappa shape index (κ1) is 12.4. The second kappa shape index (κ2) is 3.98. The van der Waals surface area contributed by atoms with Crippen molar-refractivity contribution in [1.82, 2.24) is 4.90 Å². The summed E-state index contributed by atoms with van der Waals surface area (Å²) in [4.78, 5) is 24.7. The van der Waals surface area contributed by atoms with Crippen LogP contribution >= 0.6 is 0 Å². The maximum Gasteiger partial charge on any atom is 0.410 e. The molecule has 17 heavy (non-hydrogen) atoms. The van der Waals surface area contributed by atoms with Crippen molar-refractivity contribution >= 4 is 11.9 Å². The van der Waals surface area contributed by atoms with Crippen LogP contribution in [-0.2, 0) is 14.3 Å². The predicted octanol–water partition coefficient (Wildman–Crippen LogP) is 1.36. The zero-order valence-corrected chi connectivity index (χ0v) is 10.6. The molecule has 0 radical (unpaired) electrons. The summed E-state index contributed by atoms with van der Waals surface area (Å²) in [5.74, 6) is 0.222. The molecule has 0 aromatic carbocycles. The third-order valence-electron chi connectivity index (χ3n) is 2.92. The maximum absolute atomic E-state index is 11.7. The van der Waals surface area contributed by atoms with Gasteiger partial charge in [-0.15, -0.1) is 0 Å². The van der Waals surface area contributed by atoms with Crippen molar-refractivity contribution in [3.63, 3.8) is 0 Å². The number of ether oxygens (including phenoxy) is 2. The molecular formula is C12H19NO4. The van der Waals surface area contributed by atoms with Crippen molar-refractivity contribution in [1.29, 1.82) is 0 Å². The smallest absolute Gasteiger partial charge is 0.410 e. The van der Waals surface area contributed by atoms with Crippen LogP contribution in [0, 0.1) is 0 Å². The van der Waals surface area contributed by atoms with E-state index in [2.05, 4.69) is 0 Å². The van der Waals surface area contributed by atoms with E-state index in [1.807, 2.05) is 20.8 Å². The van der Waals surface area contributed by atoms with Gasteiger partial charge in [0.15, 0.2) is 0 Å². The van der Waals surface area contributed by atoms with Gasteiger partial charge in [-0.1, -0.05) is 0 Å². The van der Waals surface area contributed by atoms with Gasteiger partial charge in [0.2, 0.25) is 0 Å². The van der Waals surface area contributed by atoms with Gasteiger partial charge in [-0.25, -0.2) is 4.79 Å². The number of rotatable bonds is 0. The Kier molecular flexibility index (Phi) is 2.89. The fraction of sp³-hybridized carbons (Fsp3) is 0.833. The highest BCUT2D eigenvalue weighted by Gasteiger charge is 2.50. The fourth-order valence-corrected chi connectivity index (χ4v) is 2.19. The van der Waals surface area contributed by atoms with Gasteiger partial charge in [-0.2, -0.15) is 0 Å². The summed E-state index contributed by atoms with van der Waals surface area (Å²) < 4.78 is 10.9. The zero-order valence-electron chi connectivity index (χ0n) is 10.6. The van der Waals surface area contributed by atoms with Crippen LogP contribution < -0.4 is 0 Å². The minimum Gasteiger partial charge on any atom is -0.444 e. The molecule has 2 rings (SSSR count). The summed E-state index contributed by atoms with van der Waals surface area (Å²) in [7, 11) is 0. The molecule has 0 unspecified atom stereocenters. The van der Waals surface area contributed by atoms with Crippen LogP contribution in [0.3, 0.4) is 0 Å². The minimum atomic E-state index is -0.483. The number of amides is 1.